The lowest BCUT2D eigenvalue weighted by atomic mass is 10.1. The van der Waals surface area contributed by atoms with Crippen LogP contribution in [0.3, 0.4) is 0 Å². The van der Waals surface area contributed by atoms with E-state index in [2.05, 4.69) is 33.8 Å². The van der Waals surface area contributed by atoms with Gasteiger partial charge in [0.25, 0.3) is 5.91 Å². The first-order chi connectivity index (χ1) is 13.2. The molecule has 5 heteroatoms. The lowest BCUT2D eigenvalue weighted by Crippen LogP contribution is -2.45. The Hall–Kier alpha value is -2.79. The summed E-state index contributed by atoms with van der Waals surface area (Å²) in [6.07, 6.45) is 1.68. The number of benzene rings is 2. The van der Waals surface area contributed by atoms with E-state index >= 15 is 0 Å². The third kappa shape index (κ3) is 5.11. The van der Waals surface area contributed by atoms with Gasteiger partial charge in [-0.05, 0) is 42.0 Å². The predicted molar refractivity (Wildman–Crippen MR) is 109 cm³/mol. The zero-order chi connectivity index (χ0) is 19.1. The zero-order valence-electron chi connectivity index (χ0n) is 15.9. The van der Waals surface area contributed by atoms with E-state index in [4.69, 9.17) is 4.74 Å². The van der Waals surface area contributed by atoms with Crippen LogP contribution in [0.5, 0.6) is 5.75 Å². The normalized spacial score (nSPS) is 14.6. The molecule has 2 aromatic carbocycles. The molecule has 0 bridgehead atoms. The summed E-state index contributed by atoms with van der Waals surface area (Å²) in [5, 5.41) is 2.80. The molecule has 0 aliphatic carbocycles. The Bertz CT molecular complexity index is 748. The van der Waals surface area contributed by atoms with Crippen LogP contribution in [0.4, 0.5) is 5.69 Å². The summed E-state index contributed by atoms with van der Waals surface area (Å²) in [5.41, 5.74) is 3.16. The van der Waals surface area contributed by atoms with E-state index in [-0.39, 0.29) is 5.91 Å². The Kier molecular flexibility index (Phi) is 6.49. The number of anilines is 1. The van der Waals surface area contributed by atoms with Crippen LogP contribution in [0.2, 0.25) is 0 Å². The Labute approximate surface area is 161 Å². The van der Waals surface area contributed by atoms with Crippen molar-refractivity contribution in [3.05, 3.63) is 72.3 Å². The molecule has 1 saturated heterocycles. The first-order valence-corrected chi connectivity index (χ1v) is 9.29. The number of rotatable bonds is 7. The third-order valence-electron chi connectivity index (χ3n) is 4.84. The molecule has 0 saturated carbocycles. The van der Waals surface area contributed by atoms with Gasteiger partial charge >= 0.3 is 0 Å². The average molecular weight is 365 g/mol. The molecule has 5 nitrogen and oxygen atoms in total. The third-order valence-corrected chi connectivity index (χ3v) is 4.84. The maximum Gasteiger partial charge on any atom is 0.251 e. The van der Waals surface area contributed by atoms with Crippen molar-refractivity contribution in [2.45, 2.75) is 6.54 Å². The van der Waals surface area contributed by atoms with Gasteiger partial charge in [-0.2, -0.15) is 0 Å². The molecule has 0 spiro atoms. The van der Waals surface area contributed by atoms with Crippen LogP contribution < -0.4 is 15.0 Å². The van der Waals surface area contributed by atoms with Gasteiger partial charge in [-0.1, -0.05) is 18.2 Å². The fraction of sp³-hybridized carbons (Fsp3) is 0.318. The van der Waals surface area contributed by atoms with E-state index in [0.29, 0.717) is 12.1 Å². The lowest BCUT2D eigenvalue weighted by Gasteiger charge is -2.36. The number of methoxy groups -OCH3 is 1. The monoisotopic (exact) mass is 365 g/mol. The number of hydrogen-bond acceptors (Lipinski definition) is 4. The van der Waals surface area contributed by atoms with Crippen LogP contribution in [-0.2, 0) is 6.54 Å². The highest BCUT2D eigenvalue weighted by atomic mass is 16.5. The summed E-state index contributed by atoms with van der Waals surface area (Å²) >= 11 is 0. The lowest BCUT2D eigenvalue weighted by molar-refractivity contribution is 0.0958. The molecule has 1 N–H and O–H groups in total. The number of hydrogen-bond donors (Lipinski definition) is 1. The highest BCUT2D eigenvalue weighted by molar-refractivity contribution is 5.94. The van der Waals surface area contributed by atoms with E-state index in [1.807, 2.05) is 36.4 Å². The number of amides is 1. The van der Waals surface area contributed by atoms with Crippen molar-refractivity contribution in [2.24, 2.45) is 0 Å². The molecule has 1 aliphatic rings. The zero-order valence-corrected chi connectivity index (χ0v) is 15.9. The first kappa shape index (κ1) is 19.0. The van der Waals surface area contributed by atoms with Crippen molar-refractivity contribution < 1.29 is 9.53 Å². The van der Waals surface area contributed by atoms with E-state index in [0.717, 1.165) is 38.5 Å². The molecule has 1 amide bonds. The van der Waals surface area contributed by atoms with Gasteiger partial charge < -0.3 is 15.0 Å². The van der Waals surface area contributed by atoms with Crippen molar-refractivity contribution in [1.82, 2.24) is 10.2 Å². The average Bonchev–Trinajstić information content (AvgIpc) is 2.73. The van der Waals surface area contributed by atoms with E-state index < -0.39 is 0 Å². The highest BCUT2D eigenvalue weighted by Crippen LogP contribution is 2.21. The van der Waals surface area contributed by atoms with Crippen LogP contribution in [0.25, 0.3) is 0 Å². The quantitative estimate of drug-likeness (QED) is 0.767. The Morgan fingerprint density at radius 2 is 1.74 bits per heavy atom. The highest BCUT2D eigenvalue weighted by Gasteiger charge is 2.17. The Morgan fingerprint density at radius 3 is 2.33 bits per heavy atom. The van der Waals surface area contributed by atoms with Crippen LogP contribution in [-0.4, -0.2) is 50.6 Å². The second kappa shape index (κ2) is 9.24. The minimum Gasteiger partial charge on any atom is -0.497 e. The van der Waals surface area contributed by atoms with Crippen molar-refractivity contribution in [2.75, 3.05) is 44.7 Å². The van der Waals surface area contributed by atoms with Gasteiger partial charge in [-0.3, -0.25) is 9.69 Å². The second-order valence-corrected chi connectivity index (χ2v) is 6.66. The molecule has 1 heterocycles. The largest absolute Gasteiger partial charge is 0.497 e. The number of carbonyl (C=O) groups excluding carboxylic acids is 1. The van der Waals surface area contributed by atoms with Crippen LogP contribution in [0.1, 0.15) is 15.9 Å². The molecular formula is C22H27N3O2. The molecule has 0 aromatic heterocycles. The van der Waals surface area contributed by atoms with Gasteiger partial charge in [-0.15, -0.1) is 6.58 Å². The standard InChI is InChI=1S/C22H27N3O2/c1-3-12-23-22(26)19-6-4-18(5-7-19)17-24-13-15-25(16-14-24)20-8-10-21(27-2)11-9-20/h3-11H,1,12-17H2,2H3,(H,23,26). The number of piperazine rings is 1. The van der Waals surface area contributed by atoms with Gasteiger partial charge in [-0.25, -0.2) is 0 Å². The molecule has 27 heavy (non-hydrogen) atoms. The van der Waals surface area contributed by atoms with Crippen LogP contribution >= 0.6 is 0 Å². The second-order valence-electron chi connectivity index (χ2n) is 6.66. The number of nitrogens with zero attached hydrogens (tertiary/aromatic N) is 2. The maximum atomic E-state index is 11.9. The SMILES string of the molecule is C=CCNC(=O)c1ccc(CN2CCN(c3ccc(OC)cc3)CC2)cc1. The van der Waals surface area contributed by atoms with Crippen LogP contribution in [0, 0.1) is 0 Å². The summed E-state index contributed by atoms with van der Waals surface area (Å²) in [7, 11) is 1.69. The molecule has 1 fully saturated rings. The summed E-state index contributed by atoms with van der Waals surface area (Å²) in [5.74, 6) is 0.827. The van der Waals surface area contributed by atoms with Gasteiger partial charge in [0, 0.05) is 50.5 Å². The molecule has 142 valence electrons. The molecule has 0 atom stereocenters. The number of nitrogens with one attached hydrogen (secondary N) is 1. The van der Waals surface area contributed by atoms with Gasteiger partial charge in [0.05, 0.1) is 7.11 Å². The summed E-state index contributed by atoms with van der Waals surface area (Å²) in [6.45, 7) is 9.06. The minimum absolute atomic E-state index is 0.0606. The molecule has 3 rings (SSSR count). The fourth-order valence-electron chi connectivity index (χ4n) is 3.24. The van der Waals surface area contributed by atoms with E-state index in [1.165, 1.54) is 11.3 Å². The maximum absolute atomic E-state index is 11.9. The number of carbonyl (C=O) groups is 1. The van der Waals surface area contributed by atoms with Crippen molar-refractivity contribution >= 4 is 11.6 Å². The topological polar surface area (TPSA) is 44.8 Å². The molecule has 0 radical (unpaired) electrons. The van der Waals surface area contributed by atoms with Gasteiger partial charge in [0.1, 0.15) is 5.75 Å². The predicted octanol–water partition coefficient (Wildman–Crippen LogP) is 2.93. The Morgan fingerprint density at radius 1 is 1.07 bits per heavy atom. The summed E-state index contributed by atoms with van der Waals surface area (Å²) in [4.78, 5) is 16.8. The summed E-state index contributed by atoms with van der Waals surface area (Å²) < 4.78 is 5.23. The van der Waals surface area contributed by atoms with E-state index in [9.17, 15) is 4.79 Å². The molecule has 2 aromatic rings. The van der Waals surface area contributed by atoms with Crippen molar-refractivity contribution in [3.63, 3.8) is 0 Å². The minimum atomic E-state index is -0.0606. The fourth-order valence-corrected chi connectivity index (χ4v) is 3.24. The number of ether oxygens (including phenoxy) is 1. The van der Waals surface area contributed by atoms with Gasteiger partial charge in [0.2, 0.25) is 0 Å². The van der Waals surface area contributed by atoms with E-state index in [1.54, 1.807) is 13.2 Å². The first-order valence-electron chi connectivity index (χ1n) is 9.29. The van der Waals surface area contributed by atoms with Crippen molar-refractivity contribution in [3.8, 4) is 5.75 Å². The van der Waals surface area contributed by atoms with Gasteiger partial charge in [0.15, 0.2) is 0 Å². The summed E-state index contributed by atoms with van der Waals surface area (Å²) in [6, 6.07) is 16.1. The molecule has 0 unspecified atom stereocenters. The van der Waals surface area contributed by atoms with Crippen LogP contribution in [0.15, 0.2) is 61.2 Å². The Balaban J connectivity index is 1.50. The van der Waals surface area contributed by atoms with Crippen molar-refractivity contribution in [1.29, 1.82) is 0 Å². The smallest absolute Gasteiger partial charge is 0.251 e. The molecule has 1 aliphatic heterocycles. The molecular weight excluding hydrogens is 338 g/mol.